The van der Waals surface area contributed by atoms with Crippen molar-refractivity contribution in [1.82, 2.24) is 4.98 Å². The monoisotopic (exact) mass is 610 g/mol. The number of nitrogens with one attached hydrogen (secondary N) is 1. The van der Waals surface area contributed by atoms with Gasteiger partial charge in [-0.05, 0) is 42.5 Å². The molecule has 3 N–H and O–H groups in total. The number of para-hydroxylation sites is 1. The summed E-state index contributed by atoms with van der Waals surface area (Å²) in [5.41, 5.74) is 2.18. The number of aliphatic carboxylic acids is 1. The lowest BCUT2D eigenvalue weighted by Crippen LogP contribution is -2.06. The molecule has 0 aliphatic carbocycles. The number of carboxylic acid groups (broad SMARTS) is 2. The van der Waals surface area contributed by atoms with Gasteiger partial charge in [-0.3, -0.25) is 4.79 Å². The van der Waals surface area contributed by atoms with Gasteiger partial charge >= 0.3 is 18.1 Å². The summed E-state index contributed by atoms with van der Waals surface area (Å²) in [5.74, 6) is -2.02. The second kappa shape index (κ2) is 13.3. The third-order valence-corrected chi connectivity index (χ3v) is 7.13. The van der Waals surface area contributed by atoms with Crippen molar-refractivity contribution < 1.29 is 33.0 Å². The van der Waals surface area contributed by atoms with Gasteiger partial charge in [-0.2, -0.15) is 13.2 Å². The molecule has 0 atom stereocenters. The van der Waals surface area contributed by atoms with E-state index in [0.29, 0.717) is 10.7 Å². The van der Waals surface area contributed by atoms with Gasteiger partial charge in [-0.25, -0.2) is 9.78 Å². The van der Waals surface area contributed by atoms with Crippen LogP contribution < -0.4 is 5.32 Å². The van der Waals surface area contributed by atoms with E-state index in [1.165, 1.54) is 35.6 Å². The average molecular weight is 611 g/mol. The van der Waals surface area contributed by atoms with Crippen LogP contribution in [-0.4, -0.2) is 27.1 Å². The molecule has 0 unspecified atom stereocenters. The topological polar surface area (TPSA) is 99.5 Å². The Morgan fingerprint density at radius 3 is 2.14 bits per heavy atom. The quantitative estimate of drug-likeness (QED) is 0.170. The standard InChI is InChI=1S/C17H12ClNO2S.C14H10F3NO2/c18-13-8-6-11(7-9-13)16-14(10-15(20)21)22-17(19-16)12-4-2-1-3-5-12;15-14(16,17)9-4-3-5-10(8-9)18-12-7-2-1-6-11(12)13(19)20/h1-9H,10H2,(H,20,21);1-8,18H,(H,19,20). The number of thiazole rings is 1. The van der Waals surface area contributed by atoms with E-state index in [2.05, 4.69) is 10.3 Å². The molecule has 0 saturated heterocycles. The van der Waals surface area contributed by atoms with Crippen molar-refractivity contribution in [2.75, 3.05) is 5.32 Å². The van der Waals surface area contributed by atoms with Crippen molar-refractivity contribution in [3.63, 3.8) is 0 Å². The maximum atomic E-state index is 12.6. The molecular weight excluding hydrogens is 589 g/mol. The van der Waals surface area contributed by atoms with E-state index in [9.17, 15) is 22.8 Å². The summed E-state index contributed by atoms with van der Waals surface area (Å²) in [6.07, 6.45) is -4.48. The van der Waals surface area contributed by atoms with Crippen molar-refractivity contribution in [3.05, 3.63) is 124 Å². The van der Waals surface area contributed by atoms with Crippen molar-refractivity contribution in [3.8, 4) is 21.8 Å². The highest BCUT2D eigenvalue weighted by Crippen LogP contribution is 2.35. The van der Waals surface area contributed by atoms with Crippen molar-refractivity contribution in [2.24, 2.45) is 0 Å². The predicted molar refractivity (Wildman–Crippen MR) is 157 cm³/mol. The first kappa shape index (κ1) is 30.3. The second-order valence-corrected chi connectivity index (χ2v) is 10.3. The zero-order chi connectivity index (χ0) is 30.3. The summed E-state index contributed by atoms with van der Waals surface area (Å²) in [6.45, 7) is 0. The molecule has 5 aromatic rings. The zero-order valence-electron chi connectivity index (χ0n) is 21.6. The Morgan fingerprint density at radius 1 is 0.833 bits per heavy atom. The lowest BCUT2D eigenvalue weighted by molar-refractivity contribution is -0.138. The number of benzene rings is 4. The molecule has 11 heteroatoms. The molecule has 0 bridgehead atoms. The summed E-state index contributed by atoms with van der Waals surface area (Å²) in [4.78, 5) is 27.5. The molecule has 5 rings (SSSR count). The zero-order valence-corrected chi connectivity index (χ0v) is 23.2. The number of alkyl halides is 3. The van der Waals surface area contributed by atoms with Gasteiger partial charge < -0.3 is 15.5 Å². The molecule has 0 radical (unpaired) electrons. The van der Waals surface area contributed by atoms with E-state index in [-0.39, 0.29) is 23.4 Å². The maximum Gasteiger partial charge on any atom is 0.416 e. The minimum atomic E-state index is -4.44. The largest absolute Gasteiger partial charge is 0.481 e. The Kier molecular flexibility index (Phi) is 9.61. The SMILES string of the molecule is O=C(O)Cc1sc(-c2ccccc2)nc1-c1ccc(Cl)cc1.O=C(O)c1ccccc1Nc1cccc(C(F)(F)F)c1. The fraction of sp³-hybridized carbons (Fsp3) is 0.0645. The number of carboxylic acids is 2. The average Bonchev–Trinajstić information content (AvgIpc) is 3.37. The van der Waals surface area contributed by atoms with Crippen LogP contribution in [0.2, 0.25) is 5.02 Å². The van der Waals surface area contributed by atoms with Crippen LogP contribution in [0.4, 0.5) is 24.5 Å². The van der Waals surface area contributed by atoms with E-state index in [0.717, 1.165) is 33.1 Å². The number of hydrogen-bond donors (Lipinski definition) is 3. The van der Waals surface area contributed by atoms with Gasteiger partial charge in [0.1, 0.15) is 5.01 Å². The number of aromatic nitrogens is 1. The highest BCUT2D eigenvalue weighted by atomic mass is 35.5. The van der Waals surface area contributed by atoms with Gasteiger partial charge in [0.05, 0.1) is 28.9 Å². The summed E-state index contributed by atoms with van der Waals surface area (Å²) in [6, 6.07) is 27.6. The molecule has 0 amide bonds. The number of nitrogens with zero attached hydrogens (tertiary/aromatic N) is 1. The summed E-state index contributed by atoms with van der Waals surface area (Å²) in [5, 5.41) is 22.3. The number of halogens is 4. The van der Waals surface area contributed by atoms with E-state index >= 15 is 0 Å². The highest BCUT2D eigenvalue weighted by molar-refractivity contribution is 7.15. The molecule has 0 fully saturated rings. The number of anilines is 2. The minimum Gasteiger partial charge on any atom is -0.481 e. The Balaban J connectivity index is 0.000000194. The molecule has 214 valence electrons. The molecule has 0 spiro atoms. The maximum absolute atomic E-state index is 12.6. The van der Waals surface area contributed by atoms with E-state index in [1.807, 2.05) is 42.5 Å². The Morgan fingerprint density at radius 2 is 1.50 bits per heavy atom. The third kappa shape index (κ3) is 7.96. The first-order valence-corrected chi connectivity index (χ1v) is 13.5. The minimum absolute atomic E-state index is 0.00934. The lowest BCUT2D eigenvalue weighted by atomic mass is 10.1. The van der Waals surface area contributed by atoms with E-state index in [4.69, 9.17) is 21.8 Å². The van der Waals surface area contributed by atoms with Gasteiger partial charge in [-0.15, -0.1) is 11.3 Å². The van der Waals surface area contributed by atoms with Gasteiger partial charge in [-0.1, -0.05) is 72.3 Å². The normalized spacial score (nSPS) is 10.9. The van der Waals surface area contributed by atoms with E-state index in [1.54, 1.807) is 24.3 Å². The van der Waals surface area contributed by atoms with Crippen LogP contribution in [0.3, 0.4) is 0 Å². The molecule has 0 saturated carbocycles. The number of carbonyl (C=O) groups is 2. The molecule has 42 heavy (non-hydrogen) atoms. The number of hydrogen-bond acceptors (Lipinski definition) is 5. The molecular formula is C31H22ClF3N2O4S. The number of aromatic carboxylic acids is 1. The second-order valence-electron chi connectivity index (χ2n) is 8.79. The van der Waals surface area contributed by atoms with Crippen LogP contribution in [0.5, 0.6) is 0 Å². The molecule has 0 aliphatic heterocycles. The van der Waals surface area contributed by atoms with Crippen molar-refractivity contribution >= 4 is 46.3 Å². The van der Waals surface area contributed by atoms with Crippen LogP contribution >= 0.6 is 22.9 Å². The molecule has 1 aromatic heterocycles. The highest BCUT2D eigenvalue weighted by Gasteiger charge is 2.30. The molecule has 1 heterocycles. The van der Waals surface area contributed by atoms with Crippen LogP contribution in [0.1, 0.15) is 20.8 Å². The van der Waals surface area contributed by atoms with Gasteiger partial charge in [0.25, 0.3) is 0 Å². The smallest absolute Gasteiger partial charge is 0.416 e. The summed E-state index contributed by atoms with van der Waals surface area (Å²) in [7, 11) is 0. The predicted octanol–water partition coefficient (Wildman–Crippen LogP) is 8.90. The lowest BCUT2D eigenvalue weighted by Gasteiger charge is -2.12. The summed E-state index contributed by atoms with van der Waals surface area (Å²) >= 11 is 7.33. The van der Waals surface area contributed by atoms with Gasteiger partial charge in [0.2, 0.25) is 0 Å². The van der Waals surface area contributed by atoms with Crippen molar-refractivity contribution in [1.29, 1.82) is 0 Å². The fourth-order valence-electron chi connectivity index (χ4n) is 3.85. The fourth-order valence-corrected chi connectivity index (χ4v) is 5.06. The Hall–Kier alpha value is -4.67. The first-order valence-electron chi connectivity index (χ1n) is 12.3. The number of rotatable bonds is 7. The van der Waals surface area contributed by atoms with Gasteiger partial charge in [0, 0.05) is 26.7 Å². The molecule has 4 aromatic carbocycles. The van der Waals surface area contributed by atoms with E-state index < -0.39 is 23.7 Å². The van der Waals surface area contributed by atoms with Crippen LogP contribution in [0, 0.1) is 0 Å². The molecule has 0 aliphatic rings. The van der Waals surface area contributed by atoms with Crippen LogP contribution in [-0.2, 0) is 17.4 Å². The molecule has 6 nitrogen and oxygen atoms in total. The first-order chi connectivity index (χ1) is 20.0. The Bertz CT molecular complexity index is 1690. The summed E-state index contributed by atoms with van der Waals surface area (Å²) < 4.78 is 37.8. The van der Waals surface area contributed by atoms with Crippen LogP contribution in [0.25, 0.3) is 21.8 Å². The third-order valence-electron chi connectivity index (χ3n) is 5.77. The Labute approximate surface area is 247 Å². The van der Waals surface area contributed by atoms with Crippen molar-refractivity contribution in [2.45, 2.75) is 12.6 Å². The van der Waals surface area contributed by atoms with Crippen LogP contribution in [0.15, 0.2) is 103 Å². The van der Waals surface area contributed by atoms with Gasteiger partial charge in [0.15, 0.2) is 0 Å².